The van der Waals surface area contributed by atoms with Gasteiger partial charge in [-0.1, -0.05) is 30.3 Å². The molecule has 2 aromatic carbocycles. The molecule has 3 rings (SSSR count). The second-order valence-corrected chi connectivity index (χ2v) is 7.41. The van der Waals surface area contributed by atoms with Gasteiger partial charge in [0.15, 0.2) is 0 Å². The lowest BCUT2D eigenvalue weighted by atomic mass is 9.90. The summed E-state index contributed by atoms with van der Waals surface area (Å²) in [6, 6.07) is 16.3. The largest absolute Gasteiger partial charge is 0.343 e. The first-order valence-corrected chi connectivity index (χ1v) is 9.88. The summed E-state index contributed by atoms with van der Waals surface area (Å²) in [6.45, 7) is 3.31. The lowest BCUT2D eigenvalue weighted by molar-refractivity contribution is -0.132. The van der Waals surface area contributed by atoms with Crippen molar-refractivity contribution < 1.29 is 14.0 Å². The van der Waals surface area contributed by atoms with Crippen LogP contribution in [-0.4, -0.2) is 36.3 Å². The Labute approximate surface area is 166 Å². The van der Waals surface area contributed by atoms with Crippen molar-refractivity contribution in [3.05, 3.63) is 66.0 Å². The Kier molecular flexibility index (Phi) is 6.80. The third-order valence-electron chi connectivity index (χ3n) is 5.40. The molecule has 0 aromatic heterocycles. The highest BCUT2D eigenvalue weighted by Gasteiger charge is 2.23. The molecule has 0 N–H and O–H groups in total. The van der Waals surface area contributed by atoms with Crippen LogP contribution < -0.4 is 4.90 Å². The van der Waals surface area contributed by atoms with Gasteiger partial charge in [0.1, 0.15) is 5.82 Å². The number of hydrogen-bond donors (Lipinski definition) is 0. The number of carbonyl (C=O) groups is 2. The van der Waals surface area contributed by atoms with E-state index in [-0.39, 0.29) is 24.1 Å². The van der Waals surface area contributed by atoms with E-state index < -0.39 is 0 Å². The van der Waals surface area contributed by atoms with E-state index in [0.717, 1.165) is 32.4 Å². The molecule has 0 aliphatic carbocycles. The van der Waals surface area contributed by atoms with Gasteiger partial charge in [-0.15, -0.1) is 0 Å². The molecule has 5 heteroatoms. The molecule has 0 unspecified atom stereocenters. The summed E-state index contributed by atoms with van der Waals surface area (Å²) in [6.07, 6.45) is 3.36. The predicted molar refractivity (Wildman–Crippen MR) is 108 cm³/mol. The van der Waals surface area contributed by atoms with Crippen molar-refractivity contribution in [2.45, 2.75) is 32.6 Å². The molecular weight excluding hydrogens is 355 g/mol. The summed E-state index contributed by atoms with van der Waals surface area (Å²) in [5, 5.41) is 0. The number of carbonyl (C=O) groups excluding carboxylic acids is 2. The van der Waals surface area contributed by atoms with Gasteiger partial charge in [0, 0.05) is 38.7 Å². The topological polar surface area (TPSA) is 40.6 Å². The van der Waals surface area contributed by atoms with Crippen LogP contribution in [0.5, 0.6) is 0 Å². The second-order valence-electron chi connectivity index (χ2n) is 7.41. The fourth-order valence-corrected chi connectivity index (χ4v) is 3.79. The number of benzene rings is 2. The standard InChI is InChI=1S/C23H27FN2O2/c1-18(27)26(22-9-7-21(24)8-10-22)16-13-23(28)25-14-11-20(12-15-25)17-19-5-3-2-4-6-19/h2-10,20H,11-17H2,1H3. The molecule has 0 bridgehead atoms. The van der Waals surface area contributed by atoms with Crippen molar-refractivity contribution in [1.29, 1.82) is 0 Å². The Balaban J connectivity index is 1.48. The van der Waals surface area contributed by atoms with Crippen molar-refractivity contribution in [1.82, 2.24) is 4.90 Å². The first-order valence-electron chi connectivity index (χ1n) is 9.88. The second kappa shape index (κ2) is 9.49. The highest BCUT2D eigenvalue weighted by Crippen LogP contribution is 2.22. The Hall–Kier alpha value is -2.69. The Bertz CT molecular complexity index is 784. The fraction of sp³-hybridized carbons (Fsp3) is 0.391. The Morgan fingerprint density at radius 1 is 1.04 bits per heavy atom. The number of amides is 2. The van der Waals surface area contributed by atoms with Gasteiger partial charge in [0.25, 0.3) is 0 Å². The zero-order chi connectivity index (χ0) is 19.9. The zero-order valence-electron chi connectivity index (χ0n) is 16.3. The highest BCUT2D eigenvalue weighted by atomic mass is 19.1. The first-order chi connectivity index (χ1) is 13.5. The third kappa shape index (κ3) is 5.41. The SMILES string of the molecule is CC(=O)N(CCC(=O)N1CCC(Cc2ccccc2)CC1)c1ccc(F)cc1. The molecule has 1 heterocycles. The van der Waals surface area contributed by atoms with Gasteiger partial charge in [-0.3, -0.25) is 9.59 Å². The third-order valence-corrected chi connectivity index (χ3v) is 5.40. The molecule has 1 saturated heterocycles. The fourth-order valence-electron chi connectivity index (χ4n) is 3.79. The lowest BCUT2D eigenvalue weighted by Gasteiger charge is -2.32. The van der Waals surface area contributed by atoms with E-state index in [1.54, 1.807) is 12.1 Å². The summed E-state index contributed by atoms with van der Waals surface area (Å²) in [4.78, 5) is 28.0. The summed E-state index contributed by atoms with van der Waals surface area (Å²) in [5.74, 6) is 0.189. The number of anilines is 1. The number of halogens is 1. The van der Waals surface area contributed by atoms with Crippen LogP contribution in [-0.2, 0) is 16.0 Å². The molecule has 148 valence electrons. The number of rotatable bonds is 6. The zero-order valence-corrected chi connectivity index (χ0v) is 16.3. The first kappa shape index (κ1) is 20.1. The van der Waals surface area contributed by atoms with E-state index in [0.29, 0.717) is 18.2 Å². The molecule has 1 fully saturated rings. The van der Waals surface area contributed by atoms with E-state index in [2.05, 4.69) is 24.3 Å². The summed E-state index contributed by atoms with van der Waals surface area (Å²) in [7, 11) is 0. The molecule has 28 heavy (non-hydrogen) atoms. The van der Waals surface area contributed by atoms with Crippen LogP contribution in [0.25, 0.3) is 0 Å². The molecule has 0 spiro atoms. The van der Waals surface area contributed by atoms with Crippen LogP contribution in [0.15, 0.2) is 54.6 Å². The van der Waals surface area contributed by atoms with Crippen molar-refractivity contribution in [2.24, 2.45) is 5.92 Å². The molecule has 0 atom stereocenters. The van der Waals surface area contributed by atoms with Gasteiger partial charge < -0.3 is 9.80 Å². The van der Waals surface area contributed by atoms with Crippen molar-refractivity contribution >= 4 is 17.5 Å². The van der Waals surface area contributed by atoms with Crippen LogP contribution in [0.2, 0.25) is 0 Å². The van der Waals surface area contributed by atoms with Crippen LogP contribution in [0.3, 0.4) is 0 Å². The van der Waals surface area contributed by atoms with Crippen LogP contribution in [0.1, 0.15) is 31.7 Å². The van der Waals surface area contributed by atoms with Gasteiger partial charge >= 0.3 is 0 Å². The van der Waals surface area contributed by atoms with E-state index in [1.807, 2.05) is 11.0 Å². The maximum absolute atomic E-state index is 13.1. The minimum Gasteiger partial charge on any atom is -0.343 e. The average Bonchev–Trinajstić information content (AvgIpc) is 2.70. The van der Waals surface area contributed by atoms with Crippen molar-refractivity contribution in [3.8, 4) is 0 Å². The van der Waals surface area contributed by atoms with Gasteiger partial charge in [0.2, 0.25) is 11.8 Å². The molecule has 0 saturated carbocycles. The van der Waals surface area contributed by atoms with Gasteiger partial charge in [-0.2, -0.15) is 0 Å². The quantitative estimate of drug-likeness (QED) is 0.756. The molecule has 0 radical (unpaired) electrons. The maximum Gasteiger partial charge on any atom is 0.224 e. The molecule has 4 nitrogen and oxygen atoms in total. The minimum atomic E-state index is -0.346. The van der Waals surface area contributed by atoms with Gasteiger partial charge in [0.05, 0.1) is 0 Å². The van der Waals surface area contributed by atoms with Crippen LogP contribution >= 0.6 is 0 Å². The van der Waals surface area contributed by atoms with Crippen LogP contribution in [0.4, 0.5) is 10.1 Å². The van der Waals surface area contributed by atoms with E-state index in [4.69, 9.17) is 0 Å². The summed E-state index contributed by atoms with van der Waals surface area (Å²) in [5.41, 5.74) is 1.96. The van der Waals surface area contributed by atoms with E-state index in [1.165, 1.54) is 29.5 Å². The number of nitrogens with zero attached hydrogens (tertiary/aromatic N) is 2. The van der Waals surface area contributed by atoms with Gasteiger partial charge in [-0.25, -0.2) is 4.39 Å². The normalized spacial score (nSPS) is 14.7. The molecule has 2 aromatic rings. The van der Waals surface area contributed by atoms with E-state index >= 15 is 0 Å². The van der Waals surface area contributed by atoms with E-state index in [9.17, 15) is 14.0 Å². The minimum absolute atomic E-state index is 0.0755. The smallest absolute Gasteiger partial charge is 0.224 e. The number of hydrogen-bond acceptors (Lipinski definition) is 2. The molecular formula is C23H27FN2O2. The highest BCUT2D eigenvalue weighted by molar-refractivity contribution is 5.92. The van der Waals surface area contributed by atoms with Crippen molar-refractivity contribution in [2.75, 3.05) is 24.5 Å². The van der Waals surface area contributed by atoms with Crippen LogP contribution in [0, 0.1) is 11.7 Å². The Morgan fingerprint density at radius 2 is 1.68 bits per heavy atom. The van der Waals surface area contributed by atoms with Gasteiger partial charge in [-0.05, 0) is 55.0 Å². The molecule has 2 amide bonds. The molecule has 1 aliphatic rings. The Morgan fingerprint density at radius 3 is 2.29 bits per heavy atom. The lowest BCUT2D eigenvalue weighted by Crippen LogP contribution is -2.41. The number of likely N-dealkylation sites (tertiary alicyclic amines) is 1. The maximum atomic E-state index is 13.1. The number of piperidine rings is 1. The summed E-state index contributed by atoms with van der Waals surface area (Å²) >= 11 is 0. The molecule has 1 aliphatic heterocycles. The summed E-state index contributed by atoms with van der Waals surface area (Å²) < 4.78 is 13.1. The van der Waals surface area contributed by atoms with Crippen molar-refractivity contribution in [3.63, 3.8) is 0 Å². The predicted octanol–water partition coefficient (Wildman–Crippen LogP) is 4.05. The average molecular weight is 382 g/mol. The monoisotopic (exact) mass is 382 g/mol.